The predicted octanol–water partition coefficient (Wildman–Crippen LogP) is 2.33. The summed E-state index contributed by atoms with van der Waals surface area (Å²) in [6, 6.07) is 3.79. The van der Waals surface area contributed by atoms with Gasteiger partial charge in [-0.05, 0) is 19.1 Å². The minimum atomic E-state index is -0.184. The molecule has 1 rings (SSSR count). The van der Waals surface area contributed by atoms with Gasteiger partial charge in [0.2, 0.25) is 0 Å². The van der Waals surface area contributed by atoms with E-state index in [1.807, 2.05) is 13.8 Å². The summed E-state index contributed by atoms with van der Waals surface area (Å²) in [5.41, 5.74) is 0.308. The van der Waals surface area contributed by atoms with Gasteiger partial charge >= 0.3 is 0 Å². The summed E-state index contributed by atoms with van der Waals surface area (Å²) >= 11 is 0. The van der Waals surface area contributed by atoms with Gasteiger partial charge in [0, 0.05) is 11.6 Å². The molecule has 0 spiro atoms. The van der Waals surface area contributed by atoms with Gasteiger partial charge in [0.25, 0.3) is 0 Å². The predicted molar refractivity (Wildman–Crippen MR) is 51.1 cm³/mol. The van der Waals surface area contributed by atoms with Crippen molar-refractivity contribution in [2.24, 2.45) is 0 Å². The molecule has 0 aliphatic carbocycles. The largest absolute Gasteiger partial charge is 0.508 e. The second kappa shape index (κ2) is 5.19. The number of phenols is 2. The van der Waals surface area contributed by atoms with E-state index < -0.39 is 0 Å². The molecule has 3 nitrogen and oxygen atoms in total. The van der Waals surface area contributed by atoms with Gasteiger partial charge in [-0.2, -0.15) is 0 Å². The van der Waals surface area contributed by atoms with Crippen molar-refractivity contribution in [3.05, 3.63) is 23.8 Å². The van der Waals surface area contributed by atoms with Gasteiger partial charge in [-0.15, -0.1) is 0 Å². The summed E-state index contributed by atoms with van der Waals surface area (Å²) in [6.45, 7) is 5.37. The third kappa shape index (κ3) is 3.60. The van der Waals surface area contributed by atoms with Crippen LogP contribution in [-0.4, -0.2) is 16.0 Å². The summed E-state index contributed by atoms with van der Waals surface area (Å²) in [6.07, 6.45) is 0. The number of ketones is 1. The summed E-state index contributed by atoms with van der Waals surface area (Å²) in [4.78, 5) is 10.7. The fourth-order valence-corrected chi connectivity index (χ4v) is 0.798. The molecular weight excluding hydrogens is 168 g/mol. The second-order valence-electron chi connectivity index (χ2n) is 2.29. The van der Waals surface area contributed by atoms with Crippen LogP contribution in [0.25, 0.3) is 0 Å². The molecule has 72 valence electrons. The summed E-state index contributed by atoms with van der Waals surface area (Å²) in [5.74, 6) is -0.387. The molecule has 0 aliphatic rings. The van der Waals surface area contributed by atoms with Crippen LogP contribution in [-0.2, 0) is 0 Å². The molecule has 0 bridgehead atoms. The zero-order chi connectivity index (χ0) is 10.4. The first-order valence-corrected chi connectivity index (χ1v) is 4.13. The van der Waals surface area contributed by atoms with Crippen LogP contribution in [0, 0.1) is 0 Å². The summed E-state index contributed by atoms with van der Waals surface area (Å²) in [5, 5.41) is 17.9. The van der Waals surface area contributed by atoms with Crippen LogP contribution in [0.2, 0.25) is 0 Å². The van der Waals surface area contributed by atoms with Gasteiger partial charge in [0.05, 0.1) is 0 Å². The highest BCUT2D eigenvalue weighted by Gasteiger charge is 2.02. The Morgan fingerprint density at radius 2 is 1.46 bits per heavy atom. The highest BCUT2D eigenvalue weighted by Crippen LogP contribution is 2.20. The van der Waals surface area contributed by atoms with E-state index in [1.54, 1.807) is 0 Å². The zero-order valence-electron chi connectivity index (χ0n) is 8.03. The Hall–Kier alpha value is -1.51. The topological polar surface area (TPSA) is 57.5 Å². The maximum Gasteiger partial charge on any atom is 0.160 e. The van der Waals surface area contributed by atoms with Crippen LogP contribution >= 0.6 is 0 Å². The number of hydrogen-bond acceptors (Lipinski definition) is 3. The summed E-state index contributed by atoms with van der Waals surface area (Å²) < 4.78 is 0. The molecule has 13 heavy (non-hydrogen) atoms. The third-order valence-electron chi connectivity index (χ3n) is 1.31. The highest BCUT2D eigenvalue weighted by molar-refractivity contribution is 5.94. The van der Waals surface area contributed by atoms with E-state index in [0.717, 1.165) is 0 Å². The number of aromatic hydroxyl groups is 2. The van der Waals surface area contributed by atoms with Crippen molar-refractivity contribution in [2.45, 2.75) is 20.8 Å². The van der Waals surface area contributed by atoms with Crippen molar-refractivity contribution in [1.29, 1.82) is 0 Å². The van der Waals surface area contributed by atoms with Crippen molar-refractivity contribution in [1.82, 2.24) is 0 Å². The van der Waals surface area contributed by atoms with Gasteiger partial charge < -0.3 is 10.2 Å². The third-order valence-corrected chi connectivity index (χ3v) is 1.31. The number of benzene rings is 1. The zero-order valence-corrected chi connectivity index (χ0v) is 8.03. The molecule has 0 amide bonds. The SMILES string of the molecule is CC.CC(=O)c1cc(O)cc(O)c1. The molecule has 0 saturated carbocycles. The minimum absolute atomic E-state index is 0.102. The van der Waals surface area contributed by atoms with Crippen molar-refractivity contribution in [3.63, 3.8) is 0 Å². The van der Waals surface area contributed by atoms with Gasteiger partial charge in [-0.1, -0.05) is 13.8 Å². The molecule has 1 aromatic carbocycles. The molecular formula is C10H14O3. The first-order chi connectivity index (χ1) is 6.09. The van der Waals surface area contributed by atoms with Gasteiger partial charge in [0.1, 0.15) is 11.5 Å². The molecule has 0 radical (unpaired) electrons. The number of rotatable bonds is 1. The van der Waals surface area contributed by atoms with Crippen LogP contribution in [0.4, 0.5) is 0 Å². The lowest BCUT2D eigenvalue weighted by Gasteiger charge is -1.97. The van der Waals surface area contributed by atoms with Crippen molar-refractivity contribution in [3.8, 4) is 11.5 Å². The van der Waals surface area contributed by atoms with Gasteiger partial charge in [0.15, 0.2) is 5.78 Å². The van der Waals surface area contributed by atoms with Crippen LogP contribution in [0.1, 0.15) is 31.1 Å². The second-order valence-corrected chi connectivity index (χ2v) is 2.29. The smallest absolute Gasteiger partial charge is 0.160 e. The lowest BCUT2D eigenvalue weighted by molar-refractivity contribution is 0.101. The van der Waals surface area contributed by atoms with E-state index >= 15 is 0 Å². The Kier molecular flexibility index (Phi) is 4.59. The van der Waals surface area contributed by atoms with Crippen molar-refractivity contribution in [2.75, 3.05) is 0 Å². The first kappa shape index (κ1) is 11.5. The van der Waals surface area contributed by atoms with Crippen LogP contribution in [0.5, 0.6) is 11.5 Å². The molecule has 0 atom stereocenters. The number of phenolic OH excluding ortho intramolecular Hbond substituents is 2. The molecule has 0 fully saturated rings. The lowest BCUT2D eigenvalue weighted by Crippen LogP contribution is -1.90. The van der Waals surface area contributed by atoms with E-state index in [4.69, 9.17) is 10.2 Å². The molecule has 3 heteroatoms. The maximum atomic E-state index is 10.7. The monoisotopic (exact) mass is 182 g/mol. The Morgan fingerprint density at radius 1 is 1.08 bits per heavy atom. The van der Waals surface area contributed by atoms with E-state index in [2.05, 4.69) is 0 Å². The molecule has 0 aliphatic heterocycles. The Balaban J connectivity index is 0.000000671. The van der Waals surface area contributed by atoms with E-state index in [1.165, 1.54) is 25.1 Å². The van der Waals surface area contributed by atoms with E-state index in [9.17, 15) is 4.79 Å². The number of Topliss-reactive ketones (excluding diaryl/α,β-unsaturated/α-hetero) is 1. The van der Waals surface area contributed by atoms with Crippen molar-refractivity contribution < 1.29 is 15.0 Å². The van der Waals surface area contributed by atoms with E-state index in [-0.39, 0.29) is 17.3 Å². The Bertz CT molecular complexity index is 272. The maximum absolute atomic E-state index is 10.7. The number of hydrogen-bond donors (Lipinski definition) is 2. The standard InChI is InChI=1S/C8H8O3.C2H6/c1-5(9)6-2-7(10)4-8(11)3-6;1-2/h2-4,10-11H,1H3;1-2H3. The average molecular weight is 182 g/mol. The van der Waals surface area contributed by atoms with Crippen LogP contribution in [0.3, 0.4) is 0 Å². The average Bonchev–Trinajstić information content (AvgIpc) is 2.06. The highest BCUT2D eigenvalue weighted by atomic mass is 16.3. The summed E-state index contributed by atoms with van der Waals surface area (Å²) in [7, 11) is 0. The Morgan fingerprint density at radius 3 is 1.77 bits per heavy atom. The minimum Gasteiger partial charge on any atom is -0.508 e. The fourth-order valence-electron chi connectivity index (χ4n) is 0.798. The number of carbonyl (C=O) groups excluding carboxylic acids is 1. The van der Waals surface area contributed by atoms with E-state index in [0.29, 0.717) is 5.56 Å². The van der Waals surface area contributed by atoms with Crippen LogP contribution in [0.15, 0.2) is 18.2 Å². The number of carbonyl (C=O) groups is 1. The molecule has 0 heterocycles. The molecule has 1 aromatic rings. The van der Waals surface area contributed by atoms with Crippen molar-refractivity contribution >= 4 is 5.78 Å². The lowest BCUT2D eigenvalue weighted by atomic mass is 10.1. The Labute approximate surface area is 77.6 Å². The quantitative estimate of drug-likeness (QED) is 0.655. The molecule has 0 unspecified atom stereocenters. The molecule has 0 saturated heterocycles. The van der Waals surface area contributed by atoms with Gasteiger partial charge in [-0.3, -0.25) is 4.79 Å². The van der Waals surface area contributed by atoms with Crippen LogP contribution < -0.4 is 0 Å². The fraction of sp³-hybridized carbons (Fsp3) is 0.300. The van der Waals surface area contributed by atoms with Gasteiger partial charge in [-0.25, -0.2) is 0 Å². The first-order valence-electron chi connectivity index (χ1n) is 4.13. The molecule has 2 N–H and O–H groups in total. The molecule has 0 aromatic heterocycles. The normalized spacial score (nSPS) is 8.54.